The summed E-state index contributed by atoms with van der Waals surface area (Å²) in [5.41, 5.74) is 5.22. The molecular weight excluding hydrogens is 248 g/mol. The minimum Gasteiger partial charge on any atom is -0.409 e. The van der Waals surface area contributed by atoms with E-state index in [0.29, 0.717) is 13.1 Å². The van der Waals surface area contributed by atoms with Crippen molar-refractivity contribution in [3.63, 3.8) is 0 Å². The predicted octanol–water partition coefficient (Wildman–Crippen LogP) is -1.77. The van der Waals surface area contributed by atoms with Gasteiger partial charge in [-0.25, -0.2) is 8.42 Å². The Morgan fingerprint density at radius 3 is 2.29 bits per heavy atom. The van der Waals surface area contributed by atoms with Crippen LogP contribution >= 0.6 is 0 Å². The predicted molar refractivity (Wildman–Crippen MR) is 61.0 cm³/mol. The van der Waals surface area contributed by atoms with E-state index in [0.717, 1.165) is 6.26 Å². The molecule has 0 radical (unpaired) electrons. The summed E-state index contributed by atoms with van der Waals surface area (Å²) < 4.78 is 23.8. The van der Waals surface area contributed by atoms with Crippen molar-refractivity contribution in [1.29, 1.82) is 0 Å². The van der Waals surface area contributed by atoms with Crippen LogP contribution in [0.4, 0.5) is 0 Å². The van der Waals surface area contributed by atoms with Gasteiger partial charge in [0.1, 0.15) is 5.84 Å². The second-order valence-electron chi connectivity index (χ2n) is 3.81. The van der Waals surface area contributed by atoms with Crippen molar-refractivity contribution in [3.05, 3.63) is 0 Å². The highest BCUT2D eigenvalue weighted by atomic mass is 32.2. The maximum absolute atomic E-state index is 11.6. The van der Waals surface area contributed by atoms with E-state index in [2.05, 4.69) is 5.16 Å². The van der Waals surface area contributed by atoms with E-state index in [9.17, 15) is 13.2 Å². The molecule has 1 saturated heterocycles. The number of amides is 1. The van der Waals surface area contributed by atoms with Gasteiger partial charge in [-0.05, 0) is 0 Å². The number of piperazine rings is 1. The van der Waals surface area contributed by atoms with E-state index in [4.69, 9.17) is 10.9 Å². The van der Waals surface area contributed by atoms with E-state index < -0.39 is 10.0 Å². The molecule has 0 aliphatic carbocycles. The molecule has 1 fully saturated rings. The fraction of sp³-hybridized carbons (Fsp3) is 0.750. The van der Waals surface area contributed by atoms with Crippen LogP contribution in [0.5, 0.6) is 0 Å². The number of amidine groups is 1. The zero-order valence-electron chi connectivity index (χ0n) is 9.53. The summed E-state index contributed by atoms with van der Waals surface area (Å²) in [4.78, 5) is 13.1. The van der Waals surface area contributed by atoms with Crippen LogP contribution in [0.15, 0.2) is 5.16 Å². The molecule has 1 rings (SSSR count). The lowest BCUT2D eigenvalue weighted by molar-refractivity contribution is -0.131. The van der Waals surface area contributed by atoms with E-state index in [1.807, 2.05) is 0 Å². The number of hydrogen-bond acceptors (Lipinski definition) is 5. The second-order valence-corrected chi connectivity index (χ2v) is 5.79. The third-order valence-electron chi connectivity index (χ3n) is 2.52. The number of nitrogens with two attached hydrogens (primary N) is 1. The molecule has 8 nitrogen and oxygen atoms in total. The van der Waals surface area contributed by atoms with Crippen LogP contribution in [-0.4, -0.2) is 67.0 Å². The molecule has 98 valence electrons. The lowest BCUT2D eigenvalue weighted by atomic mass is 10.3. The average Bonchev–Trinajstić information content (AvgIpc) is 2.27. The summed E-state index contributed by atoms with van der Waals surface area (Å²) >= 11 is 0. The van der Waals surface area contributed by atoms with Gasteiger partial charge in [0.15, 0.2) is 0 Å². The van der Waals surface area contributed by atoms with Gasteiger partial charge < -0.3 is 15.8 Å². The number of carbonyl (C=O) groups excluding carboxylic acids is 1. The Balaban J connectivity index is 2.50. The molecule has 0 spiro atoms. The lowest BCUT2D eigenvalue weighted by Gasteiger charge is -2.33. The summed E-state index contributed by atoms with van der Waals surface area (Å²) in [5.74, 6) is -0.422. The van der Waals surface area contributed by atoms with Crippen molar-refractivity contribution in [1.82, 2.24) is 9.21 Å². The zero-order valence-corrected chi connectivity index (χ0v) is 10.4. The number of nitrogens with zero attached hydrogens (tertiary/aromatic N) is 3. The maximum Gasteiger partial charge on any atom is 0.230 e. The summed E-state index contributed by atoms with van der Waals surface area (Å²) in [6.45, 7) is 1.21. The number of oxime groups is 1. The monoisotopic (exact) mass is 264 g/mol. The van der Waals surface area contributed by atoms with Crippen LogP contribution in [-0.2, 0) is 14.8 Å². The standard InChI is InChI=1S/C8H16N4O4S/c1-17(15,16)12-4-2-11(3-5-12)8(13)6-7(9)10-14/h14H,2-6H2,1H3,(H2,9,10). The summed E-state index contributed by atoms with van der Waals surface area (Å²) in [7, 11) is -3.20. The van der Waals surface area contributed by atoms with Gasteiger partial charge in [0.05, 0.1) is 12.7 Å². The first-order chi connectivity index (χ1) is 7.84. The molecule has 1 heterocycles. The molecule has 1 aliphatic heterocycles. The molecule has 0 unspecified atom stereocenters. The minimum absolute atomic E-state index is 0.152. The molecule has 0 atom stereocenters. The molecular formula is C8H16N4O4S. The van der Waals surface area contributed by atoms with Gasteiger partial charge in [0.2, 0.25) is 15.9 Å². The van der Waals surface area contributed by atoms with Crippen molar-refractivity contribution >= 4 is 21.8 Å². The molecule has 17 heavy (non-hydrogen) atoms. The van der Waals surface area contributed by atoms with Crippen LogP contribution in [0.2, 0.25) is 0 Å². The van der Waals surface area contributed by atoms with E-state index in [-0.39, 0.29) is 31.3 Å². The van der Waals surface area contributed by atoms with Crippen LogP contribution in [0, 0.1) is 0 Å². The number of rotatable bonds is 3. The molecule has 1 amide bonds. The molecule has 1 aliphatic rings. The Hall–Kier alpha value is -1.35. The van der Waals surface area contributed by atoms with Crippen molar-refractivity contribution in [2.45, 2.75) is 6.42 Å². The quantitative estimate of drug-likeness (QED) is 0.271. The Morgan fingerprint density at radius 1 is 1.35 bits per heavy atom. The Morgan fingerprint density at radius 2 is 1.88 bits per heavy atom. The number of sulfonamides is 1. The highest BCUT2D eigenvalue weighted by molar-refractivity contribution is 7.88. The van der Waals surface area contributed by atoms with Crippen LogP contribution in [0.25, 0.3) is 0 Å². The Labute approximate surface area is 99.7 Å². The van der Waals surface area contributed by atoms with Gasteiger partial charge in [-0.2, -0.15) is 4.31 Å². The summed E-state index contributed by atoms with van der Waals surface area (Å²) in [6.07, 6.45) is 0.982. The van der Waals surface area contributed by atoms with E-state index in [1.165, 1.54) is 9.21 Å². The third-order valence-corrected chi connectivity index (χ3v) is 3.82. The molecule has 0 saturated carbocycles. The van der Waals surface area contributed by atoms with Gasteiger partial charge in [-0.1, -0.05) is 5.16 Å². The SMILES string of the molecule is CS(=O)(=O)N1CCN(C(=O)CC(N)=NO)CC1. The topological polar surface area (TPSA) is 116 Å². The molecule has 9 heteroatoms. The van der Waals surface area contributed by atoms with Crippen molar-refractivity contribution in [3.8, 4) is 0 Å². The highest BCUT2D eigenvalue weighted by Crippen LogP contribution is 2.07. The second kappa shape index (κ2) is 5.32. The largest absolute Gasteiger partial charge is 0.409 e. The molecule has 0 bridgehead atoms. The van der Waals surface area contributed by atoms with Crippen LogP contribution in [0.3, 0.4) is 0 Å². The number of hydrogen-bond donors (Lipinski definition) is 2. The normalized spacial score (nSPS) is 19.4. The van der Waals surface area contributed by atoms with Gasteiger partial charge in [-0.3, -0.25) is 4.79 Å². The van der Waals surface area contributed by atoms with Crippen molar-refractivity contribution in [2.75, 3.05) is 32.4 Å². The maximum atomic E-state index is 11.6. The van der Waals surface area contributed by atoms with Crippen molar-refractivity contribution < 1.29 is 18.4 Å². The molecule has 0 aromatic rings. The molecule has 0 aromatic heterocycles. The van der Waals surface area contributed by atoms with Crippen molar-refractivity contribution in [2.24, 2.45) is 10.9 Å². The third kappa shape index (κ3) is 3.86. The van der Waals surface area contributed by atoms with Crippen LogP contribution < -0.4 is 5.73 Å². The Kier molecular flexibility index (Phi) is 4.29. The smallest absolute Gasteiger partial charge is 0.230 e. The van der Waals surface area contributed by atoms with Gasteiger partial charge in [0, 0.05) is 26.2 Å². The fourth-order valence-electron chi connectivity index (χ4n) is 1.57. The first kappa shape index (κ1) is 13.7. The van der Waals surface area contributed by atoms with E-state index >= 15 is 0 Å². The number of carbonyl (C=O) groups is 1. The highest BCUT2D eigenvalue weighted by Gasteiger charge is 2.26. The zero-order chi connectivity index (χ0) is 13.1. The summed E-state index contributed by atoms with van der Waals surface area (Å²) in [6, 6.07) is 0. The van der Waals surface area contributed by atoms with E-state index in [1.54, 1.807) is 0 Å². The molecule has 0 aromatic carbocycles. The van der Waals surface area contributed by atoms with Gasteiger partial charge >= 0.3 is 0 Å². The van der Waals surface area contributed by atoms with Gasteiger partial charge in [-0.15, -0.1) is 0 Å². The first-order valence-corrected chi connectivity index (χ1v) is 6.88. The fourth-order valence-corrected chi connectivity index (χ4v) is 2.40. The van der Waals surface area contributed by atoms with Gasteiger partial charge in [0.25, 0.3) is 0 Å². The van der Waals surface area contributed by atoms with Crippen LogP contribution in [0.1, 0.15) is 6.42 Å². The summed E-state index contributed by atoms with van der Waals surface area (Å²) in [5, 5.41) is 11.1. The lowest BCUT2D eigenvalue weighted by Crippen LogP contribution is -2.50. The minimum atomic E-state index is -3.20. The molecule has 3 N–H and O–H groups in total. The first-order valence-electron chi connectivity index (χ1n) is 5.04. The average molecular weight is 264 g/mol. The Bertz CT molecular complexity index is 411.